The van der Waals surface area contributed by atoms with Crippen LogP contribution in [0.5, 0.6) is 5.75 Å². The van der Waals surface area contributed by atoms with Crippen LogP contribution in [0.1, 0.15) is 42.5 Å². The molecule has 0 radical (unpaired) electrons. The van der Waals surface area contributed by atoms with Gasteiger partial charge < -0.3 is 19.6 Å². The van der Waals surface area contributed by atoms with Gasteiger partial charge in [-0.1, -0.05) is 6.92 Å². The Balaban J connectivity index is 1.39. The Hall–Kier alpha value is -3.35. The summed E-state index contributed by atoms with van der Waals surface area (Å²) in [5, 5.41) is 1.10. The molecule has 7 nitrogen and oxygen atoms in total. The van der Waals surface area contributed by atoms with Gasteiger partial charge in [-0.2, -0.15) is 0 Å². The first-order valence-corrected chi connectivity index (χ1v) is 11.2. The van der Waals surface area contributed by atoms with Crippen LogP contribution >= 0.6 is 0 Å². The molecule has 0 aliphatic carbocycles. The zero-order valence-electron chi connectivity index (χ0n) is 19.4. The monoisotopic (exact) mass is 430 g/mol. The van der Waals surface area contributed by atoms with Crippen molar-refractivity contribution in [3.63, 3.8) is 0 Å². The highest BCUT2D eigenvalue weighted by Crippen LogP contribution is 2.38. The first kappa shape index (κ1) is 20.5. The van der Waals surface area contributed by atoms with E-state index in [4.69, 9.17) is 9.72 Å². The number of rotatable bonds is 4. The largest absolute Gasteiger partial charge is 0.496 e. The molecule has 4 aromatic rings. The maximum absolute atomic E-state index is 5.41. The Morgan fingerprint density at radius 3 is 2.53 bits per heavy atom. The minimum absolute atomic E-state index is 0.00122. The lowest BCUT2D eigenvalue weighted by atomic mass is 9.79. The molecule has 1 fully saturated rings. The standard InChI is InChI=1S/C25H30N6O/c1-15-12-18(6-7-20(15)32-5)21-17(3)29-24(30-21)25(4)8-10-31(11-9-25)23-19-13-16(2)28-22(19)26-14-27-23/h6-7,12-14H,8-11H2,1-5H3,(H,29,30)(H,26,27,28). The van der Waals surface area contributed by atoms with Crippen LogP contribution in [-0.4, -0.2) is 45.1 Å². The number of imidazole rings is 1. The van der Waals surface area contributed by atoms with Crippen LogP contribution in [0.25, 0.3) is 22.3 Å². The van der Waals surface area contributed by atoms with Gasteiger partial charge in [-0.3, -0.25) is 0 Å². The summed E-state index contributed by atoms with van der Waals surface area (Å²) in [5.41, 5.74) is 6.38. The molecule has 3 aromatic heterocycles. The maximum atomic E-state index is 5.41. The van der Waals surface area contributed by atoms with Gasteiger partial charge in [0, 0.05) is 35.5 Å². The van der Waals surface area contributed by atoms with Gasteiger partial charge in [-0.05, 0) is 63.4 Å². The van der Waals surface area contributed by atoms with E-state index in [2.05, 4.69) is 70.7 Å². The van der Waals surface area contributed by atoms with E-state index in [0.717, 1.165) is 82.6 Å². The third-order valence-electron chi connectivity index (χ3n) is 6.83. The fourth-order valence-corrected chi connectivity index (χ4v) is 4.81. The van der Waals surface area contributed by atoms with Crippen molar-refractivity contribution in [2.75, 3.05) is 25.1 Å². The molecule has 1 aromatic carbocycles. The second-order valence-corrected chi connectivity index (χ2v) is 9.20. The number of benzene rings is 1. The van der Waals surface area contributed by atoms with Crippen LogP contribution in [-0.2, 0) is 5.41 Å². The van der Waals surface area contributed by atoms with Crippen molar-refractivity contribution >= 4 is 16.9 Å². The van der Waals surface area contributed by atoms with Crippen molar-refractivity contribution in [3.05, 3.63) is 53.4 Å². The number of fused-ring (bicyclic) bond motifs is 1. The molecule has 4 heterocycles. The second-order valence-electron chi connectivity index (χ2n) is 9.20. The quantitative estimate of drug-likeness (QED) is 0.484. The van der Waals surface area contributed by atoms with Gasteiger partial charge in [0.1, 0.15) is 29.4 Å². The summed E-state index contributed by atoms with van der Waals surface area (Å²) in [5.74, 6) is 2.99. The third kappa shape index (κ3) is 3.42. The predicted octanol–water partition coefficient (Wildman–Crippen LogP) is 4.84. The molecule has 0 spiro atoms. The third-order valence-corrected chi connectivity index (χ3v) is 6.83. The number of H-pyrrole nitrogens is 2. The molecule has 0 bridgehead atoms. The highest BCUT2D eigenvalue weighted by atomic mass is 16.5. The summed E-state index contributed by atoms with van der Waals surface area (Å²) in [4.78, 5) is 23.3. The van der Waals surface area contributed by atoms with Crippen molar-refractivity contribution in [1.29, 1.82) is 0 Å². The molecule has 0 unspecified atom stereocenters. The molecular weight excluding hydrogens is 400 g/mol. The SMILES string of the molecule is COc1ccc(-c2nc(C3(C)CCN(c4ncnc5[nH]c(C)cc45)CC3)[nH]c2C)cc1C. The molecule has 0 atom stereocenters. The lowest BCUT2D eigenvalue weighted by Gasteiger charge is -2.38. The fourth-order valence-electron chi connectivity index (χ4n) is 4.81. The molecule has 1 aliphatic rings. The molecule has 7 heteroatoms. The van der Waals surface area contributed by atoms with Gasteiger partial charge in [-0.15, -0.1) is 0 Å². The average Bonchev–Trinajstić information content (AvgIpc) is 3.36. The number of hydrogen-bond acceptors (Lipinski definition) is 5. The van der Waals surface area contributed by atoms with E-state index in [1.807, 2.05) is 6.07 Å². The summed E-state index contributed by atoms with van der Waals surface area (Å²) >= 11 is 0. The summed E-state index contributed by atoms with van der Waals surface area (Å²) in [6.07, 6.45) is 3.67. The van der Waals surface area contributed by atoms with Gasteiger partial charge in [0.15, 0.2) is 0 Å². The lowest BCUT2D eigenvalue weighted by Crippen LogP contribution is -2.42. The summed E-state index contributed by atoms with van der Waals surface area (Å²) in [7, 11) is 1.71. The number of aryl methyl sites for hydroxylation is 3. The van der Waals surface area contributed by atoms with Crippen LogP contribution < -0.4 is 9.64 Å². The topological polar surface area (TPSA) is 82.7 Å². The minimum atomic E-state index is 0.00122. The maximum Gasteiger partial charge on any atom is 0.143 e. The molecule has 2 N–H and O–H groups in total. The Labute approximate surface area is 188 Å². The van der Waals surface area contributed by atoms with Crippen LogP contribution in [0.3, 0.4) is 0 Å². The van der Waals surface area contributed by atoms with Gasteiger partial charge in [0.05, 0.1) is 18.2 Å². The highest BCUT2D eigenvalue weighted by molar-refractivity contribution is 5.88. The van der Waals surface area contributed by atoms with E-state index in [-0.39, 0.29) is 5.41 Å². The normalized spacial score (nSPS) is 16.0. The summed E-state index contributed by atoms with van der Waals surface area (Å²) in [6, 6.07) is 8.39. The van der Waals surface area contributed by atoms with E-state index in [0.29, 0.717) is 0 Å². The number of nitrogens with one attached hydrogen (secondary N) is 2. The van der Waals surface area contributed by atoms with Crippen LogP contribution in [0.15, 0.2) is 30.6 Å². The molecule has 5 rings (SSSR count). The number of anilines is 1. The van der Waals surface area contributed by atoms with Crippen molar-refractivity contribution in [3.8, 4) is 17.0 Å². The lowest BCUT2D eigenvalue weighted by molar-refractivity contribution is 0.345. The molecule has 166 valence electrons. The van der Waals surface area contributed by atoms with Crippen LogP contribution in [0.2, 0.25) is 0 Å². The van der Waals surface area contributed by atoms with E-state index in [1.165, 1.54) is 0 Å². The highest BCUT2D eigenvalue weighted by Gasteiger charge is 2.35. The first-order chi connectivity index (χ1) is 15.4. The summed E-state index contributed by atoms with van der Waals surface area (Å²) in [6.45, 7) is 10.4. The molecule has 32 heavy (non-hydrogen) atoms. The van der Waals surface area contributed by atoms with E-state index < -0.39 is 0 Å². The smallest absolute Gasteiger partial charge is 0.143 e. The van der Waals surface area contributed by atoms with Crippen molar-refractivity contribution < 1.29 is 4.74 Å². The average molecular weight is 431 g/mol. The van der Waals surface area contributed by atoms with Crippen molar-refractivity contribution in [2.24, 2.45) is 0 Å². The van der Waals surface area contributed by atoms with Gasteiger partial charge in [0.25, 0.3) is 0 Å². The van der Waals surface area contributed by atoms with Gasteiger partial charge in [-0.25, -0.2) is 15.0 Å². The number of methoxy groups -OCH3 is 1. The zero-order chi connectivity index (χ0) is 22.5. The number of nitrogens with zero attached hydrogens (tertiary/aromatic N) is 4. The Kier molecular flexibility index (Phi) is 4.92. The van der Waals surface area contributed by atoms with Crippen LogP contribution in [0, 0.1) is 20.8 Å². The first-order valence-electron chi connectivity index (χ1n) is 11.2. The second kappa shape index (κ2) is 7.65. The van der Waals surface area contributed by atoms with Crippen molar-refractivity contribution in [1.82, 2.24) is 24.9 Å². The number of ether oxygens (including phenoxy) is 1. The number of piperidine rings is 1. The fraction of sp³-hybridized carbons (Fsp3) is 0.400. The van der Waals surface area contributed by atoms with Gasteiger partial charge in [0.2, 0.25) is 0 Å². The molecule has 1 aliphatic heterocycles. The summed E-state index contributed by atoms with van der Waals surface area (Å²) < 4.78 is 5.41. The Morgan fingerprint density at radius 2 is 1.81 bits per heavy atom. The molecule has 0 saturated carbocycles. The zero-order valence-corrected chi connectivity index (χ0v) is 19.4. The molecule has 0 amide bonds. The van der Waals surface area contributed by atoms with E-state index in [1.54, 1.807) is 13.4 Å². The predicted molar refractivity (Wildman–Crippen MR) is 127 cm³/mol. The molecular formula is C25H30N6O. The minimum Gasteiger partial charge on any atom is -0.496 e. The van der Waals surface area contributed by atoms with E-state index in [9.17, 15) is 0 Å². The van der Waals surface area contributed by atoms with Crippen molar-refractivity contribution in [2.45, 2.75) is 46.0 Å². The number of aromatic nitrogens is 5. The van der Waals surface area contributed by atoms with Crippen LogP contribution in [0.4, 0.5) is 5.82 Å². The molecule has 1 saturated heterocycles. The Morgan fingerprint density at radius 1 is 1.03 bits per heavy atom. The van der Waals surface area contributed by atoms with E-state index >= 15 is 0 Å². The van der Waals surface area contributed by atoms with Gasteiger partial charge >= 0.3 is 0 Å². The number of aromatic amines is 2. The Bertz CT molecular complexity index is 1280. The number of hydrogen-bond donors (Lipinski definition) is 2.